The van der Waals surface area contributed by atoms with E-state index in [1.165, 1.54) is 24.3 Å². The molecule has 0 atom stereocenters. The van der Waals surface area contributed by atoms with E-state index in [1.807, 2.05) is 0 Å². The molecule has 0 saturated carbocycles. The van der Waals surface area contributed by atoms with Crippen molar-refractivity contribution in [1.29, 1.82) is 0 Å². The van der Waals surface area contributed by atoms with Gasteiger partial charge in [-0.15, -0.1) is 0 Å². The summed E-state index contributed by atoms with van der Waals surface area (Å²) in [5, 5.41) is -0.167. The van der Waals surface area contributed by atoms with Crippen LogP contribution < -0.4 is 0 Å². The molecule has 1 aromatic heterocycles. The molecular formula is C12H8Cl2N2O3S. The van der Waals surface area contributed by atoms with E-state index in [1.54, 1.807) is 0 Å². The molecule has 0 unspecified atom stereocenters. The van der Waals surface area contributed by atoms with Crippen LogP contribution in [0.15, 0.2) is 35.5 Å². The molecule has 1 aromatic carbocycles. The number of carbonyl (C=O) groups is 1. The zero-order valence-electron chi connectivity index (χ0n) is 10.2. The van der Waals surface area contributed by atoms with Crippen molar-refractivity contribution in [2.24, 2.45) is 0 Å². The Balaban J connectivity index is 2.55. The molecular weight excluding hydrogens is 323 g/mol. The average Bonchev–Trinajstić information content (AvgIpc) is 2.37. The molecule has 1 heterocycles. The first-order valence-corrected chi connectivity index (χ1v) is 7.96. The maximum atomic E-state index is 12.3. The molecule has 0 bridgehead atoms. The molecule has 0 aliphatic heterocycles. The smallest absolute Gasteiger partial charge is 0.199 e. The second-order valence-electron chi connectivity index (χ2n) is 3.96. The first-order chi connectivity index (χ1) is 9.30. The van der Waals surface area contributed by atoms with Crippen molar-refractivity contribution in [3.8, 4) is 0 Å². The highest BCUT2D eigenvalue weighted by Gasteiger charge is 2.20. The monoisotopic (exact) mass is 330 g/mol. The van der Waals surface area contributed by atoms with Crippen molar-refractivity contribution in [2.75, 3.05) is 6.26 Å². The van der Waals surface area contributed by atoms with Gasteiger partial charge >= 0.3 is 0 Å². The van der Waals surface area contributed by atoms with Crippen molar-refractivity contribution in [3.05, 3.63) is 52.0 Å². The first kappa shape index (κ1) is 14.9. The molecule has 0 N–H and O–H groups in total. The molecule has 0 saturated heterocycles. The summed E-state index contributed by atoms with van der Waals surface area (Å²) in [4.78, 5) is 19.7. The molecule has 0 amide bonds. The highest BCUT2D eigenvalue weighted by atomic mass is 35.5. The molecule has 8 heteroatoms. The fraction of sp³-hybridized carbons (Fsp3) is 0.0833. The highest BCUT2D eigenvalue weighted by Crippen LogP contribution is 2.24. The Morgan fingerprint density at radius 1 is 1.15 bits per heavy atom. The predicted molar refractivity (Wildman–Crippen MR) is 75.0 cm³/mol. The highest BCUT2D eigenvalue weighted by molar-refractivity contribution is 7.90. The van der Waals surface area contributed by atoms with E-state index in [9.17, 15) is 13.2 Å². The van der Waals surface area contributed by atoms with Gasteiger partial charge < -0.3 is 0 Å². The molecule has 2 rings (SSSR count). The Labute approximate surface area is 125 Å². The zero-order chi connectivity index (χ0) is 14.9. The van der Waals surface area contributed by atoms with Crippen LogP contribution in [0.25, 0.3) is 0 Å². The van der Waals surface area contributed by atoms with Crippen molar-refractivity contribution in [1.82, 2.24) is 9.97 Å². The van der Waals surface area contributed by atoms with Gasteiger partial charge in [-0.3, -0.25) is 4.79 Å². The van der Waals surface area contributed by atoms with E-state index in [0.717, 1.165) is 12.6 Å². The van der Waals surface area contributed by atoms with E-state index in [4.69, 9.17) is 23.2 Å². The Morgan fingerprint density at radius 2 is 1.75 bits per heavy atom. The number of hydrogen-bond acceptors (Lipinski definition) is 5. The summed E-state index contributed by atoms with van der Waals surface area (Å²) in [6, 6.07) is 5.60. The van der Waals surface area contributed by atoms with Gasteiger partial charge in [0.1, 0.15) is 16.6 Å². The number of aromatic nitrogens is 2. The van der Waals surface area contributed by atoms with Crippen LogP contribution in [-0.4, -0.2) is 30.4 Å². The topological polar surface area (TPSA) is 77.0 Å². The van der Waals surface area contributed by atoms with Crippen LogP contribution in [0.5, 0.6) is 0 Å². The maximum absolute atomic E-state index is 12.3. The lowest BCUT2D eigenvalue weighted by Crippen LogP contribution is -2.07. The fourth-order valence-electron chi connectivity index (χ4n) is 1.54. The van der Waals surface area contributed by atoms with Crippen molar-refractivity contribution in [3.63, 3.8) is 0 Å². The number of nitrogens with zero attached hydrogens (tertiary/aromatic N) is 2. The zero-order valence-corrected chi connectivity index (χ0v) is 12.5. The minimum absolute atomic E-state index is 0.0347. The maximum Gasteiger partial charge on any atom is 0.199 e. The summed E-state index contributed by atoms with van der Waals surface area (Å²) in [5.41, 5.74) is 0.0907. The summed E-state index contributed by atoms with van der Waals surface area (Å²) in [7, 11) is -3.41. The summed E-state index contributed by atoms with van der Waals surface area (Å²) < 4.78 is 23.0. The molecule has 104 valence electrons. The van der Waals surface area contributed by atoms with Gasteiger partial charge in [0.15, 0.2) is 15.6 Å². The normalized spacial score (nSPS) is 11.3. The summed E-state index contributed by atoms with van der Waals surface area (Å²) >= 11 is 11.7. The predicted octanol–water partition coefficient (Wildman–Crippen LogP) is 2.42. The quantitative estimate of drug-likeness (QED) is 0.638. The van der Waals surface area contributed by atoms with Crippen LogP contribution in [0.3, 0.4) is 0 Å². The third-order valence-corrected chi connectivity index (χ3v) is 4.19. The van der Waals surface area contributed by atoms with Gasteiger partial charge in [0.05, 0.1) is 10.5 Å². The van der Waals surface area contributed by atoms with Crippen molar-refractivity contribution >= 4 is 38.8 Å². The molecule has 5 nitrogen and oxygen atoms in total. The second-order valence-corrected chi connectivity index (χ2v) is 6.69. The minimum Gasteiger partial charge on any atom is -0.288 e. The van der Waals surface area contributed by atoms with Gasteiger partial charge in [-0.05, 0) is 12.1 Å². The molecule has 0 spiro atoms. The Morgan fingerprint density at radius 3 is 2.30 bits per heavy atom. The van der Waals surface area contributed by atoms with E-state index in [-0.39, 0.29) is 26.3 Å². The van der Waals surface area contributed by atoms with Gasteiger partial charge in [-0.1, -0.05) is 35.3 Å². The fourth-order valence-corrected chi connectivity index (χ4v) is 2.70. The van der Waals surface area contributed by atoms with E-state index < -0.39 is 15.6 Å². The largest absolute Gasteiger partial charge is 0.288 e. The SMILES string of the molecule is CS(=O)(=O)c1cccc(C(=O)c2c(Cl)ncnc2Cl)c1. The number of hydrogen-bond donors (Lipinski definition) is 0. The lowest BCUT2D eigenvalue weighted by Gasteiger charge is -2.06. The van der Waals surface area contributed by atoms with E-state index in [0.29, 0.717) is 0 Å². The van der Waals surface area contributed by atoms with Crippen LogP contribution in [0, 0.1) is 0 Å². The Bertz CT molecular complexity index is 771. The lowest BCUT2D eigenvalue weighted by atomic mass is 10.1. The van der Waals surface area contributed by atoms with Crippen LogP contribution in [0.4, 0.5) is 0 Å². The van der Waals surface area contributed by atoms with Gasteiger partial charge in [-0.2, -0.15) is 0 Å². The van der Waals surface area contributed by atoms with Crippen LogP contribution in [0.1, 0.15) is 15.9 Å². The van der Waals surface area contributed by atoms with Crippen LogP contribution in [-0.2, 0) is 9.84 Å². The molecule has 0 aliphatic rings. The number of carbonyl (C=O) groups excluding carboxylic acids is 1. The molecule has 0 radical (unpaired) electrons. The van der Waals surface area contributed by atoms with Crippen molar-refractivity contribution < 1.29 is 13.2 Å². The Kier molecular flexibility index (Phi) is 4.08. The van der Waals surface area contributed by atoms with Crippen LogP contribution in [0.2, 0.25) is 10.3 Å². The summed E-state index contributed by atoms with van der Waals surface area (Å²) in [5.74, 6) is -0.536. The van der Waals surface area contributed by atoms with Gasteiger partial charge in [0, 0.05) is 11.8 Å². The van der Waals surface area contributed by atoms with Gasteiger partial charge in [0.2, 0.25) is 0 Å². The number of halogens is 2. The number of rotatable bonds is 3. The Hall–Kier alpha value is -1.50. The summed E-state index contributed by atoms with van der Waals surface area (Å²) in [6.45, 7) is 0. The van der Waals surface area contributed by atoms with E-state index in [2.05, 4.69) is 9.97 Å². The number of ketones is 1. The standard InChI is InChI=1S/C12H8Cl2N2O3S/c1-20(18,19)8-4-2-3-7(5-8)10(17)9-11(13)15-6-16-12(9)14/h2-6H,1H3. The number of benzene rings is 1. The second kappa shape index (κ2) is 5.47. The number of sulfone groups is 1. The lowest BCUT2D eigenvalue weighted by molar-refractivity contribution is 0.103. The van der Waals surface area contributed by atoms with Gasteiger partial charge in [0.25, 0.3) is 0 Å². The molecule has 2 aromatic rings. The molecule has 0 aliphatic carbocycles. The van der Waals surface area contributed by atoms with E-state index >= 15 is 0 Å². The van der Waals surface area contributed by atoms with Crippen molar-refractivity contribution in [2.45, 2.75) is 4.90 Å². The third kappa shape index (κ3) is 2.98. The molecule has 0 fully saturated rings. The minimum atomic E-state index is -3.41. The first-order valence-electron chi connectivity index (χ1n) is 5.31. The van der Waals surface area contributed by atoms with Gasteiger partial charge in [-0.25, -0.2) is 18.4 Å². The summed E-state index contributed by atoms with van der Waals surface area (Å²) in [6.07, 6.45) is 2.19. The van der Waals surface area contributed by atoms with Crippen LogP contribution >= 0.6 is 23.2 Å². The third-order valence-electron chi connectivity index (χ3n) is 2.51. The average molecular weight is 331 g/mol. The molecule has 20 heavy (non-hydrogen) atoms.